The Bertz CT molecular complexity index is 1010. The number of nitrogens with two attached hydrogens (primary N) is 1. The monoisotopic (exact) mass is 361 g/mol. The minimum Gasteiger partial charge on any atom is -0.364 e. The number of fused-ring (bicyclic) bond motifs is 1. The van der Waals surface area contributed by atoms with Crippen LogP contribution in [0, 0.1) is 11.6 Å². The molecule has 1 aliphatic rings. The number of amides is 1. The molecule has 1 amide bonds. The Hall–Kier alpha value is -3.10. The number of carbonyl (C=O) groups excluding carboxylic acids is 1. The highest BCUT2D eigenvalue weighted by molar-refractivity contribution is 5.91. The van der Waals surface area contributed by atoms with Crippen molar-refractivity contribution in [2.75, 3.05) is 11.4 Å². The molecule has 3 heterocycles. The van der Waals surface area contributed by atoms with Gasteiger partial charge in [0.05, 0.1) is 18.8 Å². The third-order valence-electron chi connectivity index (χ3n) is 4.46. The van der Waals surface area contributed by atoms with E-state index < -0.39 is 29.8 Å². The number of aromatic nitrogens is 3. The zero-order valence-corrected chi connectivity index (χ0v) is 13.4. The van der Waals surface area contributed by atoms with E-state index in [0.29, 0.717) is 11.5 Å². The Morgan fingerprint density at radius 3 is 2.81 bits per heavy atom. The van der Waals surface area contributed by atoms with Gasteiger partial charge in [-0.1, -0.05) is 0 Å². The van der Waals surface area contributed by atoms with Gasteiger partial charge < -0.3 is 10.6 Å². The first-order chi connectivity index (χ1) is 12.4. The molecular weight excluding hydrogens is 347 g/mol. The van der Waals surface area contributed by atoms with Gasteiger partial charge >= 0.3 is 0 Å². The lowest BCUT2D eigenvalue weighted by molar-refractivity contribution is 0.0993. The number of hydrogen-bond donors (Lipinski definition) is 1. The topological polar surface area (TPSA) is 76.5 Å². The number of carbonyl (C=O) groups is 1. The Morgan fingerprint density at radius 2 is 2.04 bits per heavy atom. The highest BCUT2D eigenvalue weighted by atomic mass is 19.1. The molecule has 6 nitrogen and oxygen atoms in total. The van der Waals surface area contributed by atoms with Crippen LogP contribution in [0.1, 0.15) is 28.5 Å². The van der Waals surface area contributed by atoms with Crippen LogP contribution in [-0.2, 0) is 0 Å². The average Bonchev–Trinajstić information content (AvgIpc) is 3.19. The van der Waals surface area contributed by atoms with Crippen molar-refractivity contribution in [2.45, 2.75) is 18.6 Å². The number of anilines is 1. The van der Waals surface area contributed by atoms with Crippen LogP contribution in [0.5, 0.6) is 0 Å². The number of primary amides is 1. The fraction of sp³-hybridized carbons (Fsp3) is 0.235. The first-order valence-electron chi connectivity index (χ1n) is 7.94. The minimum absolute atomic E-state index is 0.00664. The predicted molar refractivity (Wildman–Crippen MR) is 87.5 cm³/mol. The number of nitrogens with zero attached hydrogens (tertiary/aromatic N) is 4. The molecule has 1 fully saturated rings. The van der Waals surface area contributed by atoms with E-state index in [1.54, 1.807) is 17.0 Å². The molecule has 0 aliphatic carbocycles. The van der Waals surface area contributed by atoms with E-state index in [2.05, 4.69) is 10.1 Å². The van der Waals surface area contributed by atoms with Crippen molar-refractivity contribution < 1.29 is 18.0 Å². The molecule has 0 bridgehead atoms. The summed E-state index contributed by atoms with van der Waals surface area (Å²) in [6.07, 6.45) is 0.0749. The molecule has 0 spiro atoms. The first-order valence-corrected chi connectivity index (χ1v) is 7.94. The van der Waals surface area contributed by atoms with Crippen LogP contribution in [0.2, 0.25) is 0 Å². The Balaban J connectivity index is 1.80. The van der Waals surface area contributed by atoms with Crippen molar-refractivity contribution in [3.63, 3.8) is 0 Å². The molecule has 9 heteroatoms. The number of imidazole rings is 1. The van der Waals surface area contributed by atoms with E-state index in [9.17, 15) is 18.0 Å². The van der Waals surface area contributed by atoms with Crippen LogP contribution in [0.4, 0.5) is 19.0 Å². The van der Waals surface area contributed by atoms with E-state index in [0.717, 1.165) is 18.2 Å². The fourth-order valence-corrected chi connectivity index (χ4v) is 3.29. The normalized spacial score (nSPS) is 20.0. The molecule has 0 saturated carbocycles. The average molecular weight is 361 g/mol. The van der Waals surface area contributed by atoms with E-state index in [1.165, 1.54) is 10.7 Å². The molecular formula is C17H14F3N5O. The molecule has 134 valence electrons. The highest BCUT2D eigenvalue weighted by Crippen LogP contribution is 2.37. The van der Waals surface area contributed by atoms with Crippen molar-refractivity contribution in [3.05, 3.63) is 59.4 Å². The number of hydrogen-bond acceptors (Lipinski definition) is 4. The molecule has 0 radical (unpaired) electrons. The highest BCUT2D eigenvalue weighted by Gasteiger charge is 2.36. The van der Waals surface area contributed by atoms with Crippen molar-refractivity contribution >= 4 is 17.4 Å². The summed E-state index contributed by atoms with van der Waals surface area (Å²) in [5, 5.41) is 4.30. The van der Waals surface area contributed by atoms with Crippen LogP contribution >= 0.6 is 0 Å². The lowest BCUT2D eigenvalue weighted by Crippen LogP contribution is -2.26. The Labute approximate surface area is 146 Å². The smallest absolute Gasteiger partial charge is 0.269 e. The number of halogens is 3. The lowest BCUT2D eigenvalue weighted by Gasteiger charge is -2.26. The van der Waals surface area contributed by atoms with E-state index >= 15 is 0 Å². The molecule has 2 aromatic heterocycles. The summed E-state index contributed by atoms with van der Waals surface area (Å²) in [5.74, 6) is -1.61. The van der Waals surface area contributed by atoms with Crippen LogP contribution in [0.25, 0.3) is 5.65 Å². The summed E-state index contributed by atoms with van der Waals surface area (Å²) in [6.45, 7) is -0.0280. The van der Waals surface area contributed by atoms with Crippen LogP contribution in [-0.4, -0.2) is 33.2 Å². The predicted octanol–water partition coefficient (Wildman–Crippen LogP) is 2.40. The molecule has 2 atom stereocenters. The van der Waals surface area contributed by atoms with Gasteiger partial charge in [-0.25, -0.2) is 22.7 Å². The van der Waals surface area contributed by atoms with Gasteiger partial charge in [-0.05, 0) is 30.3 Å². The molecule has 3 aromatic rings. The summed E-state index contributed by atoms with van der Waals surface area (Å²) in [5.41, 5.74) is 5.83. The van der Waals surface area contributed by atoms with E-state index in [-0.39, 0.29) is 24.2 Å². The number of benzene rings is 1. The molecule has 2 unspecified atom stereocenters. The maximum atomic E-state index is 14.2. The molecule has 4 rings (SSSR count). The third-order valence-corrected chi connectivity index (χ3v) is 4.46. The van der Waals surface area contributed by atoms with Gasteiger partial charge in [0.15, 0.2) is 5.65 Å². The van der Waals surface area contributed by atoms with Gasteiger partial charge in [0.25, 0.3) is 5.91 Å². The number of alkyl halides is 1. The van der Waals surface area contributed by atoms with Crippen molar-refractivity contribution in [3.8, 4) is 0 Å². The summed E-state index contributed by atoms with van der Waals surface area (Å²) in [4.78, 5) is 17.1. The number of rotatable bonds is 3. The van der Waals surface area contributed by atoms with Crippen molar-refractivity contribution in [2.24, 2.45) is 5.73 Å². The molecule has 2 N–H and O–H groups in total. The van der Waals surface area contributed by atoms with Gasteiger partial charge in [0, 0.05) is 12.0 Å². The van der Waals surface area contributed by atoms with Crippen LogP contribution < -0.4 is 10.6 Å². The van der Waals surface area contributed by atoms with Gasteiger partial charge in [-0.2, -0.15) is 0 Å². The second kappa shape index (κ2) is 6.01. The van der Waals surface area contributed by atoms with Gasteiger partial charge in [-0.15, -0.1) is 5.10 Å². The van der Waals surface area contributed by atoms with E-state index in [4.69, 9.17) is 5.73 Å². The zero-order chi connectivity index (χ0) is 18.4. The molecule has 1 aliphatic heterocycles. The summed E-state index contributed by atoms with van der Waals surface area (Å²) in [6, 6.07) is 5.57. The minimum atomic E-state index is -1.22. The third kappa shape index (κ3) is 2.65. The summed E-state index contributed by atoms with van der Waals surface area (Å²) < 4.78 is 43.1. The van der Waals surface area contributed by atoms with Gasteiger partial charge in [-0.3, -0.25) is 4.79 Å². The van der Waals surface area contributed by atoms with Crippen molar-refractivity contribution in [1.82, 2.24) is 14.6 Å². The van der Waals surface area contributed by atoms with Gasteiger partial charge in [0.2, 0.25) is 0 Å². The Kier molecular flexibility index (Phi) is 3.78. The second-order valence-corrected chi connectivity index (χ2v) is 6.14. The molecule has 1 aromatic carbocycles. The zero-order valence-electron chi connectivity index (χ0n) is 13.4. The van der Waals surface area contributed by atoms with Crippen molar-refractivity contribution in [1.29, 1.82) is 0 Å². The van der Waals surface area contributed by atoms with Gasteiger partial charge in [0.1, 0.15) is 29.3 Å². The molecule has 1 saturated heterocycles. The SMILES string of the molecule is NC(=O)c1cnc2ccc(N3CC(F)CC3c3cc(F)ccc3F)nn12. The first kappa shape index (κ1) is 16.4. The maximum Gasteiger partial charge on any atom is 0.269 e. The van der Waals surface area contributed by atoms with Crippen LogP contribution in [0.3, 0.4) is 0 Å². The summed E-state index contributed by atoms with van der Waals surface area (Å²) >= 11 is 0. The standard InChI is InChI=1S/C17H14F3N5O/c18-9-1-2-12(20)11(5-9)13-6-10(19)8-24(13)16-4-3-15-22-7-14(17(21)26)25(15)23-16/h1-5,7,10,13H,6,8H2,(H2,21,26). The van der Waals surface area contributed by atoms with Crippen LogP contribution in [0.15, 0.2) is 36.5 Å². The van der Waals surface area contributed by atoms with E-state index in [1.807, 2.05) is 0 Å². The fourth-order valence-electron chi connectivity index (χ4n) is 3.29. The Morgan fingerprint density at radius 1 is 1.23 bits per heavy atom. The quantitative estimate of drug-likeness (QED) is 0.777. The lowest BCUT2D eigenvalue weighted by atomic mass is 10.0. The summed E-state index contributed by atoms with van der Waals surface area (Å²) in [7, 11) is 0. The maximum absolute atomic E-state index is 14.2. The second-order valence-electron chi connectivity index (χ2n) is 6.14. The molecule has 26 heavy (non-hydrogen) atoms. The largest absolute Gasteiger partial charge is 0.364 e.